The molecule has 6 heteroatoms. The van der Waals surface area contributed by atoms with Crippen LogP contribution in [0.2, 0.25) is 0 Å². The standard InChI is InChI=1S/C15H19FN4O/c1-10(2)6-18-8-12-13(16)4-3-5-14(12)20-9-11(7-19-20)15(17)21/h3-5,7,9-10,18H,6,8H2,1-2H3,(H2,17,21). The van der Waals surface area contributed by atoms with Gasteiger partial charge in [0.15, 0.2) is 0 Å². The molecule has 0 fully saturated rings. The Morgan fingerprint density at radius 2 is 2.24 bits per heavy atom. The minimum Gasteiger partial charge on any atom is -0.366 e. The van der Waals surface area contributed by atoms with Gasteiger partial charge in [0.1, 0.15) is 5.82 Å². The highest BCUT2D eigenvalue weighted by Crippen LogP contribution is 2.18. The first-order chi connectivity index (χ1) is 9.99. The van der Waals surface area contributed by atoms with Gasteiger partial charge in [-0.2, -0.15) is 5.10 Å². The Kier molecular flexibility index (Phi) is 4.70. The van der Waals surface area contributed by atoms with E-state index in [1.165, 1.54) is 23.1 Å². The first-order valence-corrected chi connectivity index (χ1v) is 6.82. The van der Waals surface area contributed by atoms with Crippen LogP contribution in [0.15, 0.2) is 30.6 Å². The summed E-state index contributed by atoms with van der Waals surface area (Å²) < 4.78 is 15.5. The van der Waals surface area contributed by atoms with Gasteiger partial charge < -0.3 is 11.1 Å². The van der Waals surface area contributed by atoms with Gasteiger partial charge in [-0.05, 0) is 24.6 Å². The third kappa shape index (κ3) is 3.66. The predicted octanol–water partition coefficient (Wildman–Crippen LogP) is 1.86. The number of hydrogen-bond donors (Lipinski definition) is 2. The summed E-state index contributed by atoms with van der Waals surface area (Å²) in [7, 11) is 0. The summed E-state index contributed by atoms with van der Waals surface area (Å²) in [5.74, 6) is -0.386. The molecule has 1 amide bonds. The van der Waals surface area contributed by atoms with Crippen molar-refractivity contribution in [2.24, 2.45) is 11.7 Å². The van der Waals surface area contributed by atoms with Crippen molar-refractivity contribution in [2.45, 2.75) is 20.4 Å². The predicted molar refractivity (Wildman–Crippen MR) is 78.6 cm³/mol. The van der Waals surface area contributed by atoms with Crippen LogP contribution in [0.25, 0.3) is 5.69 Å². The fourth-order valence-corrected chi connectivity index (χ4v) is 2.00. The molecule has 3 N–H and O–H groups in total. The molecular weight excluding hydrogens is 271 g/mol. The summed E-state index contributed by atoms with van der Waals surface area (Å²) in [5, 5.41) is 7.28. The van der Waals surface area contributed by atoms with Crippen molar-refractivity contribution >= 4 is 5.91 Å². The molecule has 0 saturated carbocycles. The van der Waals surface area contributed by atoms with Crippen LogP contribution in [0.1, 0.15) is 29.8 Å². The molecular formula is C15H19FN4O. The fraction of sp³-hybridized carbons (Fsp3) is 0.333. The number of nitrogens with zero attached hydrogens (tertiary/aromatic N) is 2. The van der Waals surface area contributed by atoms with Crippen LogP contribution in [0.3, 0.4) is 0 Å². The number of nitrogens with two attached hydrogens (primary N) is 1. The Labute approximate surface area is 123 Å². The largest absolute Gasteiger partial charge is 0.366 e. The van der Waals surface area contributed by atoms with Gasteiger partial charge in [-0.1, -0.05) is 19.9 Å². The highest BCUT2D eigenvalue weighted by molar-refractivity contribution is 5.92. The first kappa shape index (κ1) is 15.2. The molecule has 0 bridgehead atoms. The second kappa shape index (κ2) is 6.49. The van der Waals surface area contributed by atoms with E-state index in [0.29, 0.717) is 29.3 Å². The molecule has 112 valence electrons. The van der Waals surface area contributed by atoms with E-state index in [1.807, 2.05) is 0 Å². The molecule has 0 aliphatic rings. The zero-order valence-electron chi connectivity index (χ0n) is 12.1. The summed E-state index contributed by atoms with van der Waals surface area (Å²) in [6.45, 7) is 5.36. The lowest BCUT2D eigenvalue weighted by Crippen LogP contribution is -2.21. The molecule has 1 heterocycles. The average molecular weight is 290 g/mol. The number of amides is 1. The summed E-state index contributed by atoms with van der Waals surface area (Å²) in [5.41, 5.74) is 6.61. The summed E-state index contributed by atoms with van der Waals surface area (Å²) >= 11 is 0. The number of nitrogens with one attached hydrogen (secondary N) is 1. The molecule has 1 aromatic carbocycles. The molecule has 2 rings (SSSR count). The SMILES string of the molecule is CC(C)CNCc1c(F)cccc1-n1cc(C(N)=O)cn1. The molecule has 5 nitrogen and oxygen atoms in total. The van der Waals surface area contributed by atoms with Gasteiger partial charge in [0.05, 0.1) is 17.4 Å². The zero-order valence-corrected chi connectivity index (χ0v) is 12.1. The highest BCUT2D eigenvalue weighted by atomic mass is 19.1. The normalized spacial score (nSPS) is 11.0. The van der Waals surface area contributed by atoms with Gasteiger partial charge >= 0.3 is 0 Å². The lowest BCUT2D eigenvalue weighted by Gasteiger charge is -2.12. The fourth-order valence-electron chi connectivity index (χ4n) is 2.00. The van der Waals surface area contributed by atoms with E-state index in [1.54, 1.807) is 12.1 Å². The maximum absolute atomic E-state index is 14.1. The van der Waals surface area contributed by atoms with Crippen LogP contribution >= 0.6 is 0 Å². The van der Waals surface area contributed by atoms with E-state index >= 15 is 0 Å². The molecule has 0 spiro atoms. The number of carbonyl (C=O) groups excluding carboxylic acids is 1. The number of primary amides is 1. The van der Waals surface area contributed by atoms with Crippen molar-refractivity contribution in [1.29, 1.82) is 0 Å². The van der Waals surface area contributed by atoms with E-state index in [-0.39, 0.29) is 5.82 Å². The summed E-state index contributed by atoms with van der Waals surface area (Å²) in [4.78, 5) is 11.1. The maximum atomic E-state index is 14.1. The molecule has 0 atom stereocenters. The van der Waals surface area contributed by atoms with E-state index in [2.05, 4.69) is 24.3 Å². The zero-order chi connectivity index (χ0) is 15.4. The Bertz CT molecular complexity index is 636. The van der Waals surface area contributed by atoms with Crippen LogP contribution < -0.4 is 11.1 Å². The van der Waals surface area contributed by atoms with E-state index in [9.17, 15) is 9.18 Å². The van der Waals surface area contributed by atoms with Crippen LogP contribution in [-0.2, 0) is 6.54 Å². The number of hydrogen-bond acceptors (Lipinski definition) is 3. The monoisotopic (exact) mass is 290 g/mol. The molecule has 2 aromatic rings. The first-order valence-electron chi connectivity index (χ1n) is 6.82. The van der Waals surface area contributed by atoms with E-state index < -0.39 is 5.91 Å². The quantitative estimate of drug-likeness (QED) is 0.853. The minimum absolute atomic E-state index is 0.292. The van der Waals surface area contributed by atoms with Crippen molar-refractivity contribution in [3.63, 3.8) is 0 Å². The number of halogens is 1. The van der Waals surface area contributed by atoms with Gasteiger partial charge in [-0.3, -0.25) is 4.79 Å². The summed E-state index contributed by atoms with van der Waals surface area (Å²) in [6.07, 6.45) is 2.88. The topological polar surface area (TPSA) is 72.9 Å². The maximum Gasteiger partial charge on any atom is 0.251 e. The minimum atomic E-state index is -0.558. The van der Waals surface area contributed by atoms with Crippen molar-refractivity contribution in [3.05, 3.63) is 47.5 Å². The smallest absolute Gasteiger partial charge is 0.251 e. The second-order valence-electron chi connectivity index (χ2n) is 5.30. The van der Waals surface area contributed by atoms with Gasteiger partial charge in [0.25, 0.3) is 5.91 Å². The van der Waals surface area contributed by atoms with Crippen molar-refractivity contribution < 1.29 is 9.18 Å². The van der Waals surface area contributed by atoms with E-state index in [0.717, 1.165) is 6.54 Å². The third-order valence-corrected chi connectivity index (χ3v) is 3.06. The average Bonchev–Trinajstić information content (AvgIpc) is 2.90. The third-order valence-electron chi connectivity index (χ3n) is 3.06. The van der Waals surface area contributed by atoms with Gasteiger partial charge in [0.2, 0.25) is 0 Å². The second-order valence-corrected chi connectivity index (χ2v) is 5.30. The van der Waals surface area contributed by atoms with Crippen LogP contribution in [0, 0.1) is 11.7 Å². The van der Waals surface area contributed by atoms with Crippen LogP contribution in [0.5, 0.6) is 0 Å². The van der Waals surface area contributed by atoms with Crippen molar-refractivity contribution in [1.82, 2.24) is 15.1 Å². The Balaban J connectivity index is 2.29. The van der Waals surface area contributed by atoms with Crippen LogP contribution in [-0.4, -0.2) is 22.2 Å². The Morgan fingerprint density at radius 1 is 1.48 bits per heavy atom. The molecule has 0 aliphatic carbocycles. The number of rotatable bonds is 6. The van der Waals surface area contributed by atoms with E-state index in [4.69, 9.17) is 5.73 Å². The molecule has 0 radical (unpaired) electrons. The summed E-state index contributed by atoms with van der Waals surface area (Å²) in [6, 6.07) is 4.78. The van der Waals surface area contributed by atoms with Crippen molar-refractivity contribution in [3.8, 4) is 5.69 Å². The lowest BCUT2D eigenvalue weighted by atomic mass is 10.1. The molecule has 1 aromatic heterocycles. The Morgan fingerprint density at radius 3 is 2.86 bits per heavy atom. The molecule has 0 aliphatic heterocycles. The molecule has 0 saturated heterocycles. The highest BCUT2D eigenvalue weighted by Gasteiger charge is 2.12. The van der Waals surface area contributed by atoms with Gasteiger partial charge in [-0.25, -0.2) is 9.07 Å². The lowest BCUT2D eigenvalue weighted by molar-refractivity contribution is 0.100. The Hall–Kier alpha value is -2.21. The number of carbonyl (C=O) groups is 1. The van der Waals surface area contributed by atoms with Gasteiger partial charge in [0, 0.05) is 18.3 Å². The molecule has 0 unspecified atom stereocenters. The van der Waals surface area contributed by atoms with Gasteiger partial charge in [-0.15, -0.1) is 0 Å². The number of benzene rings is 1. The molecule has 21 heavy (non-hydrogen) atoms. The number of aromatic nitrogens is 2. The van der Waals surface area contributed by atoms with Crippen LogP contribution in [0.4, 0.5) is 4.39 Å². The van der Waals surface area contributed by atoms with Crippen molar-refractivity contribution in [2.75, 3.05) is 6.54 Å².